The van der Waals surface area contributed by atoms with Crippen LogP contribution in [0, 0.1) is 0 Å². The summed E-state index contributed by atoms with van der Waals surface area (Å²) in [6.45, 7) is 0.554. The van der Waals surface area contributed by atoms with E-state index in [1.807, 2.05) is 0 Å². The van der Waals surface area contributed by atoms with Crippen molar-refractivity contribution >= 4 is 28.3 Å². The van der Waals surface area contributed by atoms with Crippen molar-refractivity contribution in [1.29, 1.82) is 0 Å². The number of carboxylic acid groups (broad SMARTS) is 1. The molecule has 0 bridgehead atoms. The van der Waals surface area contributed by atoms with Gasteiger partial charge in [-0.05, 0) is 6.42 Å². The average Bonchev–Trinajstić information content (AvgIpc) is 2.71. The van der Waals surface area contributed by atoms with E-state index in [-0.39, 0.29) is 5.91 Å². The molecule has 8 heteroatoms. The molecular weight excluding hydrogens is 244 g/mol. The second-order valence-corrected chi connectivity index (χ2v) is 4.25. The van der Waals surface area contributed by atoms with E-state index in [1.165, 1.54) is 11.3 Å². The average molecular weight is 258 g/mol. The quantitative estimate of drug-likeness (QED) is 0.505. The van der Waals surface area contributed by atoms with E-state index in [0.29, 0.717) is 30.2 Å². The van der Waals surface area contributed by atoms with Crippen LogP contribution in [0.5, 0.6) is 0 Å². The number of rotatable bonds is 7. The van der Waals surface area contributed by atoms with Crippen LogP contribution in [0.15, 0.2) is 5.38 Å². The minimum Gasteiger partial charge on any atom is -0.480 e. The highest BCUT2D eigenvalue weighted by Gasteiger charge is 2.17. The Kier molecular flexibility index (Phi) is 4.85. The summed E-state index contributed by atoms with van der Waals surface area (Å²) in [5.74, 6) is -1.46. The van der Waals surface area contributed by atoms with Crippen molar-refractivity contribution in [3.05, 3.63) is 11.1 Å². The molecular formula is C9H14N4O3S. The number of nitrogens with one attached hydrogen (secondary N) is 1. The van der Waals surface area contributed by atoms with Gasteiger partial charge in [-0.2, -0.15) is 0 Å². The van der Waals surface area contributed by atoms with E-state index in [9.17, 15) is 9.59 Å². The van der Waals surface area contributed by atoms with Gasteiger partial charge in [0.05, 0.1) is 5.69 Å². The third-order valence-electron chi connectivity index (χ3n) is 1.98. The monoisotopic (exact) mass is 258 g/mol. The molecule has 0 aromatic carbocycles. The van der Waals surface area contributed by atoms with Crippen molar-refractivity contribution in [2.45, 2.75) is 18.9 Å². The van der Waals surface area contributed by atoms with Gasteiger partial charge in [-0.1, -0.05) is 0 Å². The second kappa shape index (κ2) is 6.16. The van der Waals surface area contributed by atoms with Crippen LogP contribution < -0.4 is 16.8 Å². The summed E-state index contributed by atoms with van der Waals surface area (Å²) in [4.78, 5) is 25.1. The minimum atomic E-state index is -1.12. The van der Waals surface area contributed by atoms with Gasteiger partial charge in [0.1, 0.15) is 6.04 Å². The number of hydrogen-bond acceptors (Lipinski definition) is 6. The number of carbonyl (C=O) groups excluding carboxylic acids is 1. The molecule has 0 aliphatic carbocycles. The number of primary amides is 1. The maximum Gasteiger partial charge on any atom is 0.326 e. The molecule has 17 heavy (non-hydrogen) atoms. The number of anilines is 1. The van der Waals surface area contributed by atoms with Crippen LogP contribution in [0.25, 0.3) is 0 Å². The standard InChI is InChI=1S/C9H14N4O3S/c10-6(14)2-1-3-12-9-13-5(4-17-9)7(11)8(15)16/h4,7H,1-3,11H2,(H2,10,14)(H,12,13)(H,15,16). The lowest BCUT2D eigenvalue weighted by atomic mass is 10.2. The first-order chi connectivity index (χ1) is 8.00. The Morgan fingerprint density at radius 3 is 2.88 bits per heavy atom. The molecule has 94 valence electrons. The normalized spacial score (nSPS) is 12.1. The Morgan fingerprint density at radius 1 is 1.59 bits per heavy atom. The summed E-state index contributed by atoms with van der Waals surface area (Å²) in [6, 6.07) is -1.10. The van der Waals surface area contributed by atoms with Crippen molar-refractivity contribution in [2.24, 2.45) is 11.5 Å². The first kappa shape index (κ1) is 13.4. The highest BCUT2D eigenvalue weighted by molar-refractivity contribution is 7.13. The molecule has 0 aliphatic heterocycles. The summed E-state index contributed by atoms with van der Waals surface area (Å²) >= 11 is 1.27. The summed E-state index contributed by atoms with van der Waals surface area (Å²) in [5.41, 5.74) is 10.7. The smallest absolute Gasteiger partial charge is 0.326 e. The summed E-state index contributed by atoms with van der Waals surface area (Å²) in [5, 5.41) is 13.8. The Hall–Kier alpha value is -1.67. The molecule has 1 atom stereocenters. The van der Waals surface area contributed by atoms with E-state index < -0.39 is 12.0 Å². The summed E-state index contributed by atoms with van der Waals surface area (Å²) in [7, 11) is 0. The third kappa shape index (κ3) is 4.37. The Bertz CT molecular complexity index is 407. The van der Waals surface area contributed by atoms with E-state index in [1.54, 1.807) is 5.38 Å². The van der Waals surface area contributed by atoms with Gasteiger partial charge in [0.25, 0.3) is 0 Å². The molecule has 1 aromatic heterocycles. The van der Waals surface area contributed by atoms with Gasteiger partial charge in [0, 0.05) is 18.3 Å². The first-order valence-corrected chi connectivity index (χ1v) is 5.84. The van der Waals surface area contributed by atoms with Crippen LogP contribution in [-0.4, -0.2) is 28.5 Å². The fraction of sp³-hybridized carbons (Fsp3) is 0.444. The summed E-state index contributed by atoms with van der Waals surface area (Å²) in [6.07, 6.45) is 0.912. The fourth-order valence-corrected chi connectivity index (χ4v) is 1.87. The van der Waals surface area contributed by atoms with Crippen LogP contribution in [0.3, 0.4) is 0 Å². The van der Waals surface area contributed by atoms with Gasteiger partial charge in [-0.25, -0.2) is 4.98 Å². The van der Waals surface area contributed by atoms with E-state index >= 15 is 0 Å². The molecule has 1 unspecified atom stereocenters. The molecule has 0 radical (unpaired) electrons. The van der Waals surface area contributed by atoms with Crippen LogP contribution in [0.2, 0.25) is 0 Å². The minimum absolute atomic E-state index is 0.305. The van der Waals surface area contributed by atoms with Gasteiger partial charge >= 0.3 is 5.97 Å². The van der Waals surface area contributed by atoms with Crippen LogP contribution in [0.1, 0.15) is 24.6 Å². The zero-order valence-electron chi connectivity index (χ0n) is 9.05. The molecule has 0 saturated carbocycles. The SMILES string of the molecule is NC(=O)CCCNc1nc(C(N)C(=O)O)cs1. The van der Waals surface area contributed by atoms with Crippen LogP contribution >= 0.6 is 11.3 Å². The second-order valence-electron chi connectivity index (χ2n) is 3.39. The molecule has 1 rings (SSSR count). The van der Waals surface area contributed by atoms with Gasteiger partial charge in [-0.3, -0.25) is 9.59 Å². The van der Waals surface area contributed by atoms with Gasteiger partial charge in [0.2, 0.25) is 5.91 Å². The maximum atomic E-state index is 10.6. The molecule has 0 spiro atoms. The Morgan fingerprint density at radius 2 is 2.29 bits per heavy atom. The molecule has 1 aromatic rings. The Labute approximate surface area is 102 Å². The van der Waals surface area contributed by atoms with Crippen molar-refractivity contribution in [3.8, 4) is 0 Å². The molecule has 6 N–H and O–H groups in total. The van der Waals surface area contributed by atoms with Crippen LogP contribution in [0.4, 0.5) is 5.13 Å². The molecule has 1 heterocycles. The van der Waals surface area contributed by atoms with Crippen molar-refractivity contribution < 1.29 is 14.7 Å². The number of hydrogen-bond donors (Lipinski definition) is 4. The van der Waals surface area contributed by atoms with Crippen LogP contribution in [-0.2, 0) is 9.59 Å². The van der Waals surface area contributed by atoms with Crippen molar-refractivity contribution in [2.75, 3.05) is 11.9 Å². The van der Waals surface area contributed by atoms with E-state index in [4.69, 9.17) is 16.6 Å². The summed E-state index contributed by atoms with van der Waals surface area (Å²) < 4.78 is 0. The number of amides is 1. The predicted molar refractivity (Wildman–Crippen MR) is 63.6 cm³/mol. The van der Waals surface area contributed by atoms with Gasteiger partial charge in [0.15, 0.2) is 5.13 Å². The zero-order chi connectivity index (χ0) is 12.8. The molecule has 0 aliphatic rings. The number of carbonyl (C=O) groups is 2. The zero-order valence-corrected chi connectivity index (χ0v) is 9.87. The van der Waals surface area contributed by atoms with E-state index in [0.717, 1.165) is 0 Å². The van der Waals surface area contributed by atoms with Gasteiger partial charge in [-0.15, -0.1) is 11.3 Å². The first-order valence-electron chi connectivity index (χ1n) is 4.96. The number of aliphatic carboxylic acids is 1. The number of thiazole rings is 1. The molecule has 7 nitrogen and oxygen atoms in total. The number of nitrogens with zero attached hydrogens (tertiary/aromatic N) is 1. The maximum absolute atomic E-state index is 10.6. The lowest BCUT2D eigenvalue weighted by Gasteiger charge is -2.02. The lowest BCUT2D eigenvalue weighted by Crippen LogP contribution is -2.21. The predicted octanol–water partition coefficient (Wildman–Crippen LogP) is -0.0951. The third-order valence-corrected chi connectivity index (χ3v) is 2.80. The number of aromatic nitrogens is 1. The number of carboxylic acids is 1. The highest BCUT2D eigenvalue weighted by atomic mass is 32.1. The molecule has 0 saturated heterocycles. The highest BCUT2D eigenvalue weighted by Crippen LogP contribution is 2.19. The van der Waals surface area contributed by atoms with E-state index in [2.05, 4.69) is 10.3 Å². The largest absolute Gasteiger partial charge is 0.480 e. The van der Waals surface area contributed by atoms with Gasteiger partial charge < -0.3 is 21.9 Å². The Balaban J connectivity index is 2.41. The van der Waals surface area contributed by atoms with Crippen molar-refractivity contribution in [3.63, 3.8) is 0 Å². The topological polar surface area (TPSA) is 131 Å². The number of nitrogens with two attached hydrogens (primary N) is 2. The van der Waals surface area contributed by atoms with Crippen molar-refractivity contribution in [1.82, 2.24) is 4.98 Å². The molecule has 1 amide bonds. The molecule has 0 fully saturated rings. The lowest BCUT2D eigenvalue weighted by molar-refractivity contribution is -0.138. The fourth-order valence-electron chi connectivity index (χ4n) is 1.09.